The molecule has 140 valence electrons. The number of nitrogens with zero attached hydrogens (tertiary/aromatic N) is 2. The minimum atomic E-state index is -0.114. The van der Waals surface area contributed by atoms with Crippen molar-refractivity contribution in [2.45, 2.75) is 5.16 Å². The van der Waals surface area contributed by atoms with Crippen LogP contribution in [0.15, 0.2) is 59.9 Å². The van der Waals surface area contributed by atoms with E-state index in [4.69, 9.17) is 9.47 Å². The number of carbonyl (C=O) groups is 1. The van der Waals surface area contributed by atoms with Crippen LogP contribution >= 0.6 is 11.8 Å². The standard InChI is InChI=1S/C20H21N3O3S/c1-23-16(14-7-5-4-6-8-14)12-21-20(23)27-13-19(24)22-15-9-10-17(25-2)18(11-15)26-3/h4-12H,13H2,1-3H3,(H,22,24). The average Bonchev–Trinajstić information content (AvgIpc) is 3.07. The van der Waals surface area contributed by atoms with Gasteiger partial charge in [0.25, 0.3) is 0 Å². The molecule has 3 aromatic rings. The first-order valence-electron chi connectivity index (χ1n) is 8.34. The molecule has 1 heterocycles. The number of methoxy groups -OCH3 is 2. The predicted molar refractivity (Wildman–Crippen MR) is 108 cm³/mol. The summed E-state index contributed by atoms with van der Waals surface area (Å²) in [6.45, 7) is 0. The smallest absolute Gasteiger partial charge is 0.234 e. The molecule has 1 aromatic heterocycles. The van der Waals surface area contributed by atoms with E-state index < -0.39 is 0 Å². The Morgan fingerprint density at radius 1 is 1.11 bits per heavy atom. The molecule has 2 aromatic carbocycles. The summed E-state index contributed by atoms with van der Waals surface area (Å²) in [4.78, 5) is 16.7. The number of nitrogens with one attached hydrogen (secondary N) is 1. The van der Waals surface area contributed by atoms with Gasteiger partial charge < -0.3 is 19.4 Å². The third-order valence-electron chi connectivity index (χ3n) is 4.01. The lowest BCUT2D eigenvalue weighted by atomic mass is 10.2. The summed E-state index contributed by atoms with van der Waals surface area (Å²) in [6.07, 6.45) is 1.82. The van der Waals surface area contributed by atoms with Gasteiger partial charge in [-0.05, 0) is 17.7 Å². The number of carbonyl (C=O) groups excluding carboxylic acids is 1. The van der Waals surface area contributed by atoms with Gasteiger partial charge in [-0.15, -0.1) is 0 Å². The van der Waals surface area contributed by atoms with Gasteiger partial charge in [-0.3, -0.25) is 4.79 Å². The minimum Gasteiger partial charge on any atom is -0.493 e. The Morgan fingerprint density at radius 2 is 1.85 bits per heavy atom. The molecule has 0 aliphatic carbocycles. The second kappa shape index (κ2) is 8.64. The van der Waals surface area contributed by atoms with Crippen LogP contribution in [0.4, 0.5) is 5.69 Å². The van der Waals surface area contributed by atoms with Gasteiger partial charge in [0.05, 0.1) is 31.9 Å². The molecule has 0 aliphatic rings. The van der Waals surface area contributed by atoms with E-state index in [1.54, 1.807) is 32.4 Å². The zero-order chi connectivity index (χ0) is 19.2. The van der Waals surface area contributed by atoms with E-state index in [1.165, 1.54) is 11.8 Å². The Balaban J connectivity index is 1.62. The summed E-state index contributed by atoms with van der Waals surface area (Å²) in [5.74, 6) is 1.33. The van der Waals surface area contributed by atoms with Gasteiger partial charge in [0, 0.05) is 18.8 Å². The number of ether oxygens (including phenoxy) is 2. The van der Waals surface area contributed by atoms with Crippen LogP contribution in [0.25, 0.3) is 11.3 Å². The molecule has 3 rings (SSSR count). The monoisotopic (exact) mass is 383 g/mol. The fraction of sp³-hybridized carbons (Fsp3) is 0.200. The molecule has 27 heavy (non-hydrogen) atoms. The Hall–Kier alpha value is -2.93. The fourth-order valence-electron chi connectivity index (χ4n) is 2.64. The zero-order valence-electron chi connectivity index (χ0n) is 15.4. The number of amides is 1. The maximum absolute atomic E-state index is 12.3. The van der Waals surface area contributed by atoms with Crippen LogP contribution in [0.5, 0.6) is 11.5 Å². The first kappa shape index (κ1) is 18.8. The highest BCUT2D eigenvalue weighted by Crippen LogP contribution is 2.30. The number of hydrogen-bond donors (Lipinski definition) is 1. The molecule has 0 atom stereocenters. The number of rotatable bonds is 7. The molecule has 0 saturated carbocycles. The van der Waals surface area contributed by atoms with Crippen LogP contribution in [0.1, 0.15) is 0 Å². The van der Waals surface area contributed by atoms with Crippen molar-refractivity contribution in [3.05, 3.63) is 54.7 Å². The maximum Gasteiger partial charge on any atom is 0.234 e. The molecule has 0 unspecified atom stereocenters. The minimum absolute atomic E-state index is 0.114. The topological polar surface area (TPSA) is 65.4 Å². The molecule has 0 fully saturated rings. The van der Waals surface area contributed by atoms with Crippen molar-refractivity contribution in [1.82, 2.24) is 9.55 Å². The van der Waals surface area contributed by atoms with Crippen LogP contribution in [-0.4, -0.2) is 35.4 Å². The summed E-state index contributed by atoms with van der Waals surface area (Å²) in [5, 5.41) is 3.65. The van der Waals surface area contributed by atoms with E-state index in [-0.39, 0.29) is 11.7 Å². The Labute approximate surface area is 162 Å². The molecule has 0 radical (unpaired) electrons. The summed E-state index contributed by atoms with van der Waals surface area (Å²) in [6, 6.07) is 15.3. The van der Waals surface area contributed by atoms with Gasteiger partial charge >= 0.3 is 0 Å². The van der Waals surface area contributed by atoms with Crippen molar-refractivity contribution in [1.29, 1.82) is 0 Å². The molecular formula is C20H21N3O3S. The normalized spacial score (nSPS) is 10.5. The lowest BCUT2D eigenvalue weighted by molar-refractivity contribution is -0.113. The fourth-order valence-corrected chi connectivity index (χ4v) is 3.40. The zero-order valence-corrected chi connectivity index (χ0v) is 16.2. The van der Waals surface area contributed by atoms with Crippen molar-refractivity contribution in [2.75, 3.05) is 25.3 Å². The molecule has 0 aliphatic heterocycles. The molecule has 6 nitrogen and oxygen atoms in total. The van der Waals surface area contributed by atoms with Crippen molar-refractivity contribution >= 4 is 23.4 Å². The molecule has 0 bridgehead atoms. The molecular weight excluding hydrogens is 362 g/mol. The first-order chi connectivity index (χ1) is 13.1. The van der Waals surface area contributed by atoms with Crippen LogP contribution in [0.2, 0.25) is 0 Å². The number of hydrogen-bond acceptors (Lipinski definition) is 5. The van der Waals surface area contributed by atoms with E-state index in [2.05, 4.69) is 10.3 Å². The number of benzene rings is 2. The predicted octanol–water partition coefficient (Wildman–Crippen LogP) is 3.84. The van der Waals surface area contributed by atoms with Gasteiger partial charge in [-0.1, -0.05) is 42.1 Å². The largest absolute Gasteiger partial charge is 0.493 e. The third kappa shape index (κ3) is 4.43. The quantitative estimate of drug-likeness (QED) is 0.628. The van der Waals surface area contributed by atoms with Gasteiger partial charge in [0.1, 0.15) is 0 Å². The number of aromatic nitrogens is 2. The van der Waals surface area contributed by atoms with Crippen molar-refractivity contribution < 1.29 is 14.3 Å². The van der Waals surface area contributed by atoms with Crippen LogP contribution in [0.3, 0.4) is 0 Å². The maximum atomic E-state index is 12.3. The summed E-state index contributed by atoms with van der Waals surface area (Å²) in [7, 11) is 5.08. The van der Waals surface area contributed by atoms with Crippen molar-refractivity contribution in [2.24, 2.45) is 7.05 Å². The van der Waals surface area contributed by atoms with Crippen molar-refractivity contribution in [3.8, 4) is 22.8 Å². The summed E-state index contributed by atoms with van der Waals surface area (Å²) >= 11 is 1.39. The lowest BCUT2D eigenvalue weighted by Crippen LogP contribution is -2.14. The molecule has 7 heteroatoms. The number of anilines is 1. The van der Waals surface area contributed by atoms with Crippen LogP contribution in [-0.2, 0) is 11.8 Å². The van der Waals surface area contributed by atoms with Gasteiger partial charge in [-0.2, -0.15) is 0 Å². The first-order valence-corrected chi connectivity index (χ1v) is 9.32. The van der Waals surface area contributed by atoms with E-state index in [1.807, 2.05) is 48.1 Å². The SMILES string of the molecule is COc1ccc(NC(=O)CSc2ncc(-c3ccccc3)n2C)cc1OC. The summed E-state index contributed by atoms with van der Waals surface area (Å²) in [5.41, 5.74) is 2.76. The molecule has 1 N–H and O–H groups in total. The third-order valence-corrected chi connectivity index (χ3v) is 5.06. The van der Waals surface area contributed by atoms with E-state index >= 15 is 0 Å². The van der Waals surface area contributed by atoms with Gasteiger partial charge in [0.2, 0.25) is 5.91 Å². The van der Waals surface area contributed by atoms with Gasteiger partial charge in [0.15, 0.2) is 16.7 Å². The highest BCUT2D eigenvalue weighted by atomic mass is 32.2. The van der Waals surface area contributed by atoms with E-state index in [0.29, 0.717) is 17.2 Å². The van der Waals surface area contributed by atoms with E-state index in [0.717, 1.165) is 16.4 Å². The number of imidazole rings is 1. The summed E-state index contributed by atoms with van der Waals surface area (Å²) < 4.78 is 12.4. The Morgan fingerprint density at radius 3 is 2.56 bits per heavy atom. The Kier molecular flexibility index (Phi) is 6.03. The highest BCUT2D eigenvalue weighted by Gasteiger charge is 2.12. The number of thioether (sulfide) groups is 1. The van der Waals surface area contributed by atoms with Gasteiger partial charge in [-0.25, -0.2) is 4.98 Å². The molecule has 1 amide bonds. The molecule has 0 spiro atoms. The second-order valence-corrected chi connectivity index (χ2v) is 6.70. The Bertz CT molecular complexity index is 925. The molecule has 0 saturated heterocycles. The second-order valence-electron chi connectivity index (χ2n) is 5.76. The van der Waals surface area contributed by atoms with Crippen LogP contribution < -0.4 is 14.8 Å². The van der Waals surface area contributed by atoms with Crippen molar-refractivity contribution in [3.63, 3.8) is 0 Å². The highest BCUT2D eigenvalue weighted by molar-refractivity contribution is 7.99. The average molecular weight is 383 g/mol. The van der Waals surface area contributed by atoms with E-state index in [9.17, 15) is 4.79 Å². The van der Waals surface area contributed by atoms with Crippen LogP contribution in [0, 0.1) is 0 Å². The lowest BCUT2D eigenvalue weighted by Gasteiger charge is -2.10.